The van der Waals surface area contributed by atoms with Gasteiger partial charge in [0.1, 0.15) is 17.5 Å². The van der Waals surface area contributed by atoms with Gasteiger partial charge in [0.05, 0.1) is 7.11 Å². The summed E-state index contributed by atoms with van der Waals surface area (Å²) in [6, 6.07) is 14.4. The third-order valence-corrected chi connectivity index (χ3v) is 6.31. The van der Waals surface area contributed by atoms with Gasteiger partial charge in [0.2, 0.25) is 5.91 Å². The Bertz CT molecular complexity index is 897. The summed E-state index contributed by atoms with van der Waals surface area (Å²) >= 11 is 3.39. The normalized spacial score (nSPS) is 15.0. The molecule has 1 fully saturated rings. The van der Waals surface area contributed by atoms with Gasteiger partial charge in [-0.05, 0) is 61.7 Å². The molecule has 0 unspecified atom stereocenters. The molecule has 2 aromatic rings. The van der Waals surface area contributed by atoms with Crippen LogP contribution in [0.4, 0.5) is 0 Å². The standard InChI is InChI=1S/C25H31BrN2O4/c1-18(25(30)27-21-8-4-3-5-9-21)28(16-19-7-6-10-23(15-19)31-2)24(29)17-32-22-13-11-20(26)12-14-22/h6-7,10-15,18,21H,3-5,8-9,16-17H2,1-2H3,(H,27,30)/t18-/m1/s1. The molecule has 0 spiro atoms. The van der Waals surface area contributed by atoms with Gasteiger partial charge in [-0.2, -0.15) is 0 Å². The lowest BCUT2D eigenvalue weighted by Crippen LogP contribution is -2.51. The molecule has 2 amide bonds. The topological polar surface area (TPSA) is 67.9 Å². The summed E-state index contributed by atoms with van der Waals surface area (Å²) in [4.78, 5) is 27.7. The molecule has 3 rings (SSSR count). The Morgan fingerprint density at radius 1 is 1.09 bits per heavy atom. The van der Waals surface area contributed by atoms with Crippen molar-refractivity contribution in [2.45, 2.75) is 57.7 Å². The van der Waals surface area contributed by atoms with Gasteiger partial charge < -0.3 is 19.7 Å². The third-order valence-electron chi connectivity index (χ3n) is 5.78. The molecule has 1 N–H and O–H groups in total. The monoisotopic (exact) mass is 502 g/mol. The van der Waals surface area contributed by atoms with E-state index >= 15 is 0 Å². The van der Waals surface area contributed by atoms with Crippen LogP contribution in [0.2, 0.25) is 0 Å². The Morgan fingerprint density at radius 2 is 1.81 bits per heavy atom. The second-order valence-electron chi connectivity index (χ2n) is 8.14. The first-order chi connectivity index (χ1) is 15.5. The van der Waals surface area contributed by atoms with Crippen molar-refractivity contribution in [1.29, 1.82) is 0 Å². The number of carbonyl (C=O) groups is 2. The zero-order valence-electron chi connectivity index (χ0n) is 18.7. The summed E-state index contributed by atoms with van der Waals surface area (Å²) in [5, 5.41) is 3.14. The van der Waals surface area contributed by atoms with Crippen molar-refractivity contribution in [2.75, 3.05) is 13.7 Å². The highest BCUT2D eigenvalue weighted by atomic mass is 79.9. The van der Waals surface area contributed by atoms with Crippen LogP contribution in [-0.2, 0) is 16.1 Å². The number of nitrogens with one attached hydrogen (secondary N) is 1. The van der Waals surface area contributed by atoms with E-state index in [1.54, 1.807) is 31.1 Å². The van der Waals surface area contributed by atoms with Crippen molar-refractivity contribution in [1.82, 2.24) is 10.2 Å². The Kier molecular flexibility index (Phi) is 8.97. The van der Waals surface area contributed by atoms with Crippen LogP contribution in [0.25, 0.3) is 0 Å². The van der Waals surface area contributed by atoms with Crippen LogP contribution in [-0.4, -0.2) is 42.5 Å². The van der Waals surface area contributed by atoms with Gasteiger partial charge in [0, 0.05) is 17.1 Å². The molecular formula is C25H31BrN2O4. The lowest BCUT2D eigenvalue weighted by atomic mass is 9.95. The first kappa shape index (κ1) is 24.1. The molecule has 0 aromatic heterocycles. The molecule has 1 aliphatic carbocycles. The summed E-state index contributed by atoms with van der Waals surface area (Å²) in [5.74, 6) is 0.932. The quantitative estimate of drug-likeness (QED) is 0.539. The number of carbonyl (C=O) groups excluding carboxylic acids is 2. The van der Waals surface area contributed by atoms with Gasteiger partial charge in [0.25, 0.3) is 5.91 Å². The highest BCUT2D eigenvalue weighted by Crippen LogP contribution is 2.20. The Morgan fingerprint density at radius 3 is 2.50 bits per heavy atom. The second-order valence-corrected chi connectivity index (χ2v) is 9.05. The Balaban J connectivity index is 1.71. The largest absolute Gasteiger partial charge is 0.497 e. The van der Waals surface area contributed by atoms with Crippen LogP contribution in [0, 0.1) is 0 Å². The van der Waals surface area contributed by atoms with E-state index in [1.165, 1.54) is 6.42 Å². The fourth-order valence-corrected chi connectivity index (χ4v) is 4.14. The molecule has 1 atom stereocenters. The molecule has 0 bridgehead atoms. The fourth-order valence-electron chi connectivity index (χ4n) is 3.88. The van der Waals surface area contributed by atoms with E-state index in [0.717, 1.165) is 35.7 Å². The Hall–Kier alpha value is -2.54. The predicted octanol–water partition coefficient (Wildman–Crippen LogP) is 4.70. The maximum absolute atomic E-state index is 13.2. The van der Waals surface area contributed by atoms with E-state index in [4.69, 9.17) is 9.47 Å². The van der Waals surface area contributed by atoms with Gasteiger partial charge in [0.15, 0.2) is 6.61 Å². The maximum atomic E-state index is 13.2. The third kappa shape index (κ3) is 6.99. The summed E-state index contributed by atoms with van der Waals surface area (Å²) in [6.45, 7) is 1.92. The molecule has 0 radical (unpaired) electrons. The predicted molar refractivity (Wildman–Crippen MR) is 128 cm³/mol. The van der Waals surface area contributed by atoms with E-state index < -0.39 is 6.04 Å². The minimum Gasteiger partial charge on any atom is -0.497 e. The van der Waals surface area contributed by atoms with Crippen LogP contribution in [0.5, 0.6) is 11.5 Å². The highest BCUT2D eigenvalue weighted by molar-refractivity contribution is 9.10. The number of rotatable bonds is 9. The molecule has 172 valence electrons. The van der Waals surface area contributed by atoms with Crippen molar-refractivity contribution < 1.29 is 19.1 Å². The zero-order chi connectivity index (χ0) is 22.9. The van der Waals surface area contributed by atoms with Crippen molar-refractivity contribution in [3.8, 4) is 11.5 Å². The van der Waals surface area contributed by atoms with Crippen LogP contribution in [0.1, 0.15) is 44.6 Å². The summed E-state index contributed by atoms with van der Waals surface area (Å²) in [6.07, 6.45) is 5.47. The van der Waals surface area contributed by atoms with Crippen molar-refractivity contribution >= 4 is 27.7 Å². The lowest BCUT2D eigenvalue weighted by Gasteiger charge is -2.31. The summed E-state index contributed by atoms with van der Waals surface area (Å²) in [5.41, 5.74) is 0.888. The van der Waals surface area contributed by atoms with E-state index in [-0.39, 0.29) is 24.5 Å². The highest BCUT2D eigenvalue weighted by Gasteiger charge is 2.28. The maximum Gasteiger partial charge on any atom is 0.261 e. The number of hydrogen-bond acceptors (Lipinski definition) is 4. The van der Waals surface area contributed by atoms with Crippen molar-refractivity contribution in [3.63, 3.8) is 0 Å². The molecule has 32 heavy (non-hydrogen) atoms. The van der Waals surface area contributed by atoms with E-state index in [1.807, 2.05) is 36.4 Å². The first-order valence-electron chi connectivity index (χ1n) is 11.1. The average molecular weight is 503 g/mol. The molecule has 0 aliphatic heterocycles. The van der Waals surface area contributed by atoms with Crippen LogP contribution < -0.4 is 14.8 Å². The minimum absolute atomic E-state index is 0.128. The van der Waals surface area contributed by atoms with Gasteiger partial charge in [-0.15, -0.1) is 0 Å². The molecule has 7 heteroatoms. The van der Waals surface area contributed by atoms with E-state index in [2.05, 4.69) is 21.2 Å². The van der Waals surface area contributed by atoms with Crippen LogP contribution in [0.15, 0.2) is 53.0 Å². The number of halogens is 1. The van der Waals surface area contributed by atoms with Gasteiger partial charge in [-0.1, -0.05) is 47.3 Å². The fraction of sp³-hybridized carbons (Fsp3) is 0.440. The second kappa shape index (κ2) is 11.9. The average Bonchev–Trinajstić information content (AvgIpc) is 2.82. The SMILES string of the molecule is COc1cccc(CN(C(=O)COc2ccc(Br)cc2)[C@H](C)C(=O)NC2CCCCC2)c1. The number of hydrogen-bond donors (Lipinski definition) is 1. The van der Waals surface area contributed by atoms with Crippen molar-refractivity contribution in [2.24, 2.45) is 0 Å². The number of ether oxygens (including phenoxy) is 2. The van der Waals surface area contributed by atoms with E-state index in [9.17, 15) is 9.59 Å². The number of methoxy groups -OCH3 is 1. The molecule has 0 heterocycles. The van der Waals surface area contributed by atoms with Crippen LogP contribution in [0.3, 0.4) is 0 Å². The first-order valence-corrected chi connectivity index (χ1v) is 11.9. The van der Waals surface area contributed by atoms with E-state index in [0.29, 0.717) is 18.0 Å². The van der Waals surface area contributed by atoms with Gasteiger partial charge in [-0.25, -0.2) is 0 Å². The summed E-state index contributed by atoms with van der Waals surface area (Å²) < 4.78 is 11.9. The van der Waals surface area contributed by atoms with Crippen LogP contribution >= 0.6 is 15.9 Å². The van der Waals surface area contributed by atoms with Gasteiger partial charge in [-0.3, -0.25) is 9.59 Å². The van der Waals surface area contributed by atoms with Crippen molar-refractivity contribution in [3.05, 3.63) is 58.6 Å². The zero-order valence-corrected chi connectivity index (χ0v) is 20.3. The van der Waals surface area contributed by atoms with Gasteiger partial charge >= 0.3 is 0 Å². The molecule has 6 nitrogen and oxygen atoms in total. The molecule has 1 aliphatic rings. The number of amides is 2. The number of nitrogens with zero attached hydrogens (tertiary/aromatic N) is 1. The molecule has 1 saturated carbocycles. The minimum atomic E-state index is -0.621. The smallest absolute Gasteiger partial charge is 0.261 e. The number of benzene rings is 2. The molecule has 0 saturated heterocycles. The molecule has 2 aromatic carbocycles. The molecular weight excluding hydrogens is 472 g/mol. The summed E-state index contributed by atoms with van der Waals surface area (Å²) in [7, 11) is 1.61. The Labute approximate surface area is 198 Å². The lowest BCUT2D eigenvalue weighted by molar-refractivity contribution is -0.142.